The SMILES string of the molecule is CCCCCCCCCCCCCCCCNC(=O)c1c(F)c(F)c(F)c(F)c1F. The van der Waals surface area contributed by atoms with E-state index < -0.39 is 40.6 Å². The fourth-order valence-corrected chi connectivity index (χ4v) is 3.41. The van der Waals surface area contributed by atoms with Gasteiger partial charge < -0.3 is 5.32 Å². The lowest BCUT2D eigenvalue weighted by Crippen LogP contribution is -2.28. The van der Waals surface area contributed by atoms with Crippen molar-refractivity contribution in [1.82, 2.24) is 5.32 Å². The van der Waals surface area contributed by atoms with Gasteiger partial charge in [-0.1, -0.05) is 90.4 Å². The Kier molecular flexibility index (Phi) is 13.4. The second kappa shape index (κ2) is 15.2. The number of carbonyl (C=O) groups excluding carboxylic acids is 1. The van der Waals surface area contributed by atoms with Crippen molar-refractivity contribution in [2.75, 3.05) is 6.54 Å². The lowest BCUT2D eigenvalue weighted by Gasteiger charge is -2.09. The zero-order valence-electron chi connectivity index (χ0n) is 17.9. The first-order valence-corrected chi connectivity index (χ1v) is 11.2. The minimum atomic E-state index is -2.27. The van der Waals surface area contributed by atoms with E-state index in [1.165, 1.54) is 57.8 Å². The van der Waals surface area contributed by atoms with Crippen LogP contribution < -0.4 is 5.32 Å². The van der Waals surface area contributed by atoms with Crippen LogP contribution in [0.3, 0.4) is 0 Å². The first-order valence-electron chi connectivity index (χ1n) is 11.2. The van der Waals surface area contributed by atoms with Crippen LogP contribution in [0.25, 0.3) is 0 Å². The molecule has 1 amide bonds. The summed E-state index contributed by atoms with van der Waals surface area (Å²) in [6, 6.07) is 0. The summed E-state index contributed by atoms with van der Waals surface area (Å²) in [6.07, 6.45) is 16.3. The summed E-state index contributed by atoms with van der Waals surface area (Å²) in [5, 5.41) is 2.22. The smallest absolute Gasteiger partial charge is 0.257 e. The molecule has 0 radical (unpaired) electrons. The Morgan fingerprint density at radius 1 is 0.567 bits per heavy atom. The molecule has 1 rings (SSSR count). The molecule has 2 nitrogen and oxygen atoms in total. The van der Waals surface area contributed by atoms with Gasteiger partial charge in [0.1, 0.15) is 5.56 Å². The molecule has 0 saturated heterocycles. The Hall–Kier alpha value is -1.66. The Balaban J connectivity index is 2.08. The van der Waals surface area contributed by atoms with Gasteiger partial charge in [0.05, 0.1) is 0 Å². The van der Waals surface area contributed by atoms with Gasteiger partial charge in [-0.2, -0.15) is 0 Å². The Morgan fingerprint density at radius 2 is 0.900 bits per heavy atom. The van der Waals surface area contributed by atoms with Crippen molar-refractivity contribution in [1.29, 1.82) is 0 Å². The second-order valence-electron chi connectivity index (χ2n) is 7.80. The zero-order chi connectivity index (χ0) is 22.4. The predicted octanol–water partition coefficient (Wildman–Crippen LogP) is 7.59. The normalized spacial score (nSPS) is 11.1. The van der Waals surface area contributed by atoms with Crippen LogP contribution in [0.15, 0.2) is 0 Å². The maximum Gasteiger partial charge on any atom is 0.257 e. The summed E-state index contributed by atoms with van der Waals surface area (Å²) >= 11 is 0. The third-order valence-corrected chi connectivity index (χ3v) is 5.25. The van der Waals surface area contributed by atoms with Crippen molar-refractivity contribution in [3.8, 4) is 0 Å². The van der Waals surface area contributed by atoms with Gasteiger partial charge in [0.2, 0.25) is 5.82 Å². The van der Waals surface area contributed by atoms with E-state index in [0.717, 1.165) is 25.7 Å². The summed E-state index contributed by atoms with van der Waals surface area (Å²) < 4.78 is 66.4. The maximum absolute atomic E-state index is 13.6. The van der Waals surface area contributed by atoms with Crippen LogP contribution in [0.2, 0.25) is 0 Å². The second-order valence-corrected chi connectivity index (χ2v) is 7.80. The molecule has 0 heterocycles. The highest BCUT2D eigenvalue weighted by molar-refractivity contribution is 5.94. The van der Waals surface area contributed by atoms with Crippen LogP contribution in [-0.2, 0) is 0 Å². The average molecular weight is 436 g/mol. The van der Waals surface area contributed by atoms with Crippen molar-refractivity contribution in [3.05, 3.63) is 34.6 Å². The highest BCUT2D eigenvalue weighted by atomic mass is 19.2. The molecule has 1 aromatic carbocycles. The molecule has 0 aliphatic rings. The van der Waals surface area contributed by atoms with Gasteiger partial charge in [0, 0.05) is 6.54 Å². The lowest BCUT2D eigenvalue weighted by molar-refractivity contribution is 0.0941. The molecule has 0 aliphatic carbocycles. The molecule has 0 saturated carbocycles. The summed E-state index contributed by atoms with van der Waals surface area (Å²) in [4.78, 5) is 11.8. The predicted molar refractivity (Wildman–Crippen MR) is 109 cm³/mol. The van der Waals surface area contributed by atoms with Crippen LogP contribution in [0.4, 0.5) is 22.0 Å². The van der Waals surface area contributed by atoms with E-state index in [9.17, 15) is 26.7 Å². The monoisotopic (exact) mass is 435 g/mol. The quantitative estimate of drug-likeness (QED) is 0.123. The highest BCUT2D eigenvalue weighted by Gasteiger charge is 2.29. The van der Waals surface area contributed by atoms with E-state index in [0.29, 0.717) is 6.42 Å². The van der Waals surface area contributed by atoms with Crippen LogP contribution >= 0.6 is 0 Å². The van der Waals surface area contributed by atoms with Gasteiger partial charge >= 0.3 is 0 Å². The maximum atomic E-state index is 13.6. The van der Waals surface area contributed by atoms with E-state index in [-0.39, 0.29) is 6.54 Å². The fourth-order valence-electron chi connectivity index (χ4n) is 3.41. The average Bonchev–Trinajstić information content (AvgIpc) is 2.73. The molecule has 0 bridgehead atoms. The fraction of sp³-hybridized carbons (Fsp3) is 0.696. The number of hydrogen-bond donors (Lipinski definition) is 1. The molecule has 172 valence electrons. The highest BCUT2D eigenvalue weighted by Crippen LogP contribution is 2.23. The molecule has 0 fully saturated rings. The first-order chi connectivity index (χ1) is 14.4. The van der Waals surface area contributed by atoms with Crippen molar-refractivity contribution in [3.63, 3.8) is 0 Å². The molecule has 0 spiro atoms. The lowest BCUT2D eigenvalue weighted by atomic mass is 10.0. The Morgan fingerprint density at radius 3 is 1.30 bits per heavy atom. The standard InChI is InChI=1S/C23H34F5NO/c1-2-3-4-5-6-7-8-9-10-11-12-13-14-15-16-29-23(30)17-18(24)20(26)22(28)21(27)19(17)25/h2-16H2,1H3,(H,29,30). The number of carbonyl (C=O) groups is 1. The largest absolute Gasteiger partial charge is 0.352 e. The van der Waals surface area contributed by atoms with Crippen LogP contribution in [0.5, 0.6) is 0 Å². The first kappa shape index (κ1) is 26.4. The summed E-state index contributed by atoms with van der Waals surface area (Å²) in [6.45, 7) is 2.34. The summed E-state index contributed by atoms with van der Waals surface area (Å²) in [5.74, 6) is -12.0. The Bertz CT molecular complexity index is 622. The van der Waals surface area contributed by atoms with Crippen molar-refractivity contribution in [2.45, 2.75) is 96.8 Å². The molecule has 0 atom stereocenters. The number of nitrogens with one attached hydrogen (secondary N) is 1. The molecular formula is C23H34F5NO. The molecule has 0 unspecified atom stereocenters. The molecule has 7 heteroatoms. The van der Waals surface area contributed by atoms with E-state index in [1.807, 2.05) is 0 Å². The van der Waals surface area contributed by atoms with Gasteiger partial charge in [-0.15, -0.1) is 0 Å². The molecular weight excluding hydrogens is 401 g/mol. The van der Waals surface area contributed by atoms with Gasteiger partial charge in [0.15, 0.2) is 23.3 Å². The molecule has 30 heavy (non-hydrogen) atoms. The minimum absolute atomic E-state index is 0.121. The molecule has 1 N–H and O–H groups in total. The van der Waals surface area contributed by atoms with E-state index in [4.69, 9.17) is 0 Å². The number of hydrogen-bond acceptors (Lipinski definition) is 1. The number of benzene rings is 1. The van der Waals surface area contributed by atoms with Crippen LogP contribution in [0.1, 0.15) is 107 Å². The number of amides is 1. The van der Waals surface area contributed by atoms with Crippen molar-refractivity contribution >= 4 is 5.91 Å². The van der Waals surface area contributed by atoms with E-state index >= 15 is 0 Å². The molecule has 0 aliphatic heterocycles. The number of rotatable bonds is 16. The summed E-state index contributed by atoms with van der Waals surface area (Å²) in [7, 11) is 0. The van der Waals surface area contributed by atoms with Gasteiger partial charge in [-0.3, -0.25) is 4.79 Å². The third kappa shape index (κ3) is 9.00. The minimum Gasteiger partial charge on any atom is -0.352 e. The van der Waals surface area contributed by atoms with E-state index in [2.05, 4.69) is 12.2 Å². The van der Waals surface area contributed by atoms with Gasteiger partial charge in [0.25, 0.3) is 5.91 Å². The Labute approximate surface area is 176 Å². The topological polar surface area (TPSA) is 29.1 Å². The third-order valence-electron chi connectivity index (χ3n) is 5.25. The van der Waals surface area contributed by atoms with Crippen molar-refractivity contribution in [2.24, 2.45) is 0 Å². The van der Waals surface area contributed by atoms with Crippen LogP contribution in [-0.4, -0.2) is 12.5 Å². The number of halogens is 5. The van der Waals surface area contributed by atoms with Crippen molar-refractivity contribution < 1.29 is 26.7 Å². The number of unbranched alkanes of at least 4 members (excludes halogenated alkanes) is 13. The summed E-state index contributed by atoms with van der Waals surface area (Å²) in [5.41, 5.74) is -1.43. The van der Waals surface area contributed by atoms with E-state index in [1.54, 1.807) is 0 Å². The zero-order valence-corrected chi connectivity index (χ0v) is 17.9. The molecule has 0 aromatic heterocycles. The molecule has 1 aromatic rings. The van der Waals surface area contributed by atoms with Crippen LogP contribution in [0, 0.1) is 29.1 Å². The van der Waals surface area contributed by atoms with Gasteiger partial charge in [-0.25, -0.2) is 22.0 Å². The van der Waals surface area contributed by atoms with Gasteiger partial charge in [-0.05, 0) is 6.42 Å².